The smallest absolute Gasteiger partial charge is 0.286 e. The van der Waals surface area contributed by atoms with E-state index in [1.807, 2.05) is 6.20 Å². The predicted molar refractivity (Wildman–Crippen MR) is 41.4 cm³/mol. The van der Waals surface area contributed by atoms with Crippen LogP contribution < -0.4 is 4.98 Å². The molecule has 0 fully saturated rings. The van der Waals surface area contributed by atoms with E-state index in [-0.39, 0.29) is 0 Å². The van der Waals surface area contributed by atoms with E-state index < -0.39 is 0 Å². The maximum absolute atomic E-state index is 4.92. The average molecular weight is 170 g/mol. The van der Waals surface area contributed by atoms with Gasteiger partial charge in [-0.1, -0.05) is 11.3 Å². The van der Waals surface area contributed by atoms with Gasteiger partial charge in [-0.05, 0) is 17.2 Å². The Hall–Kier alpha value is -0.810. The third kappa shape index (κ3) is 0.833. The molecule has 0 spiro atoms. The number of fused-ring (bicyclic) bond motifs is 1. The van der Waals surface area contributed by atoms with Gasteiger partial charge in [-0.25, -0.2) is 4.98 Å². The van der Waals surface area contributed by atoms with Crippen molar-refractivity contribution in [1.82, 2.24) is 9.97 Å². The molecule has 50 valence electrons. The van der Waals surface area contributed by atoms with Crippen molar-refractivity contribution in [2.75, 3.05) is 0 Å². The molecule has 0 amide bonds. The molecule has 2 aromatic rings. The Morgan fingerprint density at radius 2 is 2.60 bits per heavy atom. The molecule has 0 unspecified atom stereocenters. The lowest BCUT2D eigenvalue weighted by atomic mass is 10.6. The van der Waals surface area contributed by atoms with Gasteiger partial charge in [0.15, 0.2) is 3.95 Å². The summed E-state index contributed by atoms with van der Waals surface area (Å²) in [7, 11) is 0. The van der Waals surface area contributed by atoms with Crippen molar-refractivity contribution < 1.29 is 4.98 Å². The number of aromatic nitrogens is 3. The van der Waals surface area contributed by atoms with Crippen molar-refractivity contribution in [1.29, 1.82) is 0 Å². The average Bonchev–Trinajstić information content (AvgIpc) is 2.27. The number of hydrogen-bond acceptors (Lipinski definition) is 3. The summed E-state index contributed by atoms with van der Waals surface area (Å²) in [5.74, 6) is 0. The monoisotopic (exact) mass is 170 g/mol. The molecular weight excluding hydrogens is 166 g/mol. The highest BCUT2D eigenvalue weighted by molar-refractivity contribution is 7.73. The molecule has 0 saturated heterocycles. The molecule has 0 saturated carbocycles. The van der Waals surface area contributed by atoms with Gasteiger partial charge in [0, 0.05) is 0 Å². The number of aromatic amines is 2. The zero-order valence-electron chi connectivity index (χ0n) is 4.92. The first-order chi connectivity index (χ1) is 4.86. The minimum atomic E-state index is 0.766. The second-order valence-electron chi connectivity index (χ2n) is 1.80. The molecule has 0 radical (unpaired) electrons. The highest BCUT2D eigenvalue weighted by Gasteiger charge is 2.00. The van der Waals surface area contributed by atoms with E-state index in [4.69, 9.17) is 12.2 Å². The largest absolute Gasteiger partial charge is 0.300 e. The quantitative estimate of drug-likeness (QED) is 0.603. The Bertz CT molecular complexity index is 366. The first-order valence-corrected chi connectivity index (χ1v) is 3.93. The van der Waals surface area contributed by atoms with Gasteiger partial charge < -0.3 is 4.98 Å². The van der Waals surface area contributed by atoms with Crippen molar-refractivity contribution >= 4 is 33.9 Å². The fraction of sp³-hybridized carbons (Fsp3) is 0. The van der Waals surface area contributed by atoms with Gasteiger partial charge in [-0.2, -0.15) is 0 Å². The number of nitrogens with zero attached hydrogens (tertiary/aromatic N) is 1. The molecule has 0 aromatic carbocycles. The lowest BCUT2D eigenvalue weighted by molar-refractivity contribution is -0.380. The molecular formula is C5H4N3S2+. The molecule has 10 heavy (non-hydrogen) atoms. The lowest BCUT2D eigenvalue weighted by Crippen LogP contribution is -1.98. The van der Waals surface area contributed by atoms with Crippen LogP contribution in [0.25, 0.3) is 10.3 Å². The number of rotatable bonds is 0. The van der Waals surface area contributed by atoms with Gasteiger partial charge in [0.2, 0.25) is 0 Å². The van der Waals surface area contributed by atoms with Crippen molar-refractivity contribution in [3.05, 3.63) is 16.5 Å². The molecule has 0 atom stereocenters. The van der Waals surface area contributed by atoms with E-state index in [0.717, 1.165) is 14.3 Å². The molecule has 0 aliphatic rings. The van der Waals surface area contributed by atoms with Crippen LogP contribution in [-0.4, -0.2) is 9.97 Å². The van der Waals surface area contributed by atoms with Gasteiger partial charge in [0.1, 0.15) is 10.9 Å². The van der Waals surface area contributed by atoms with E-state index in [2.05, 4.69) is 15.0 Å². The summed E-state index contributed by atoms with van der Waals surface area (Å²) in [5, 5.41) is 0. The molecule has 0 bridgehead atoms. The van der Waals surface area contributed by atoms with Crippen LogP contribution >= 0.6 is 23.6 Å². The fourth-order valence-electron chi connectivity index (χ4n) is 0.740. The minimum absolute atomic E-state index is 0.766. The Kier molecular flexibility index (Phi) is 1.25. The van der Waals surface area contributed by atoms with Crippen LogP contribution in [0.5, 0.6) is 0 Å². The van der Waals surface area contributed by atoms with Crippen molar-refractivity contribution in [2.24, 2.45) is 0 Å². The van der Waals surface area contributed by atoms with Gasteiger partial charge in [-0.3, -0.25) is 0 Å². The summed E-state index contributed by atoms with van der Waals surface area (Å²) >= 11 is 6.44. The summed E-state index contributed by atoms with van der Waals surface area (Å²) in [4.78, 5) is 9.88. The lowest BCUT2D eigenvalue weighted by Gasteiger charge is -1.72. The summed E-state index contributed by atoms with van der Waals surface area (Å²) < 4.78 is 1.83. The summed E-state index contributed by atoms with van der Waals surface area (Å²) in [5.41, 5.74) is 0.855. The van der Waals surface area contributed by atoms with Crippen LogP contribution in [0.1, 0.15) is 0 Å². The molecule has 3 nitrogen and oxygen atoms in total. The van der Waals surface area contributed by atoms with E-state index in [0.29, 0.717) is 0 Å². The number of hydrogen-bond donors (Lipinski definition) is 1. The third-order valence-corrected chi connectivity index (χ3v) is 2.31. The molecule has 5 heteroatoms. The topological polar surface area (TPSA) is 42.8 Å². The van der Waals surface area contributed by atoms with Crippen molar-refractivity contribution in [2.45, 2.75) is 0 Å². The summed E-state index contributed by atoms with van der Waals surface area (Å²) in [6.45, 7) is 0. The number of H-pyrrole nitrogens is 2. The van der Waals surface area contributed by atoms with Crippen LogP contribution in [0.4, 0.5) is 0 Å². The second kappa shape index (κ2) is 2.10. The first kappa shape index (κ1) is 5.94. The summed E-state index contributed by atoms with van der Waals surface area (Å²) in [6.07, 6.45) is 3.50. The third-order valence-electron chi connectivity index (χ3n) is 1.14. The number of thiazole rings is 1. The molecule has 2 rings (SSSR count). The van der Waals surface area contributed by atoms with Gasteiger partial charge in [0.25, 0.3) is 12.0 Å². The molecule has 2 heterocycles. The van der Waals surface area contributed by atoms with Gasteiger partial charge in [-0.15, -0.1) is 0 Å². The zero-order valence-corrected chi connectivity index (χ0v) is 6.55. The standard InChI is InChI=1S/C5H3N3S2/c9-5-8-4-3(10-5)1-6-2-7-4/h1-2H,(H,6,7,8,9)/p+1. The van der Waals surface area contributed by atoms with Gasteiger partial charge in [0.05, 0.1) is 0 Å². The predicted octanol–water partition coefficient (Wildman–Crippen LogP) is 1.17. The van der Waals surface area contributed by atoms with E-state index >= 15 is 0 Å². The van der Waals surface area contributed by atoms with Crippen LogP contribution in [-0.2, 0) is 0 Å². The van der Waals surface area contributed by atoms with E-state index in [1.165, 1.54) is 11.3 Å². The highest BCUT2D eigenvalue weighted by Crippen LogP contribution is 2.13. The molecule has 2 N–H and O–H groups in total. The molecule has 0 aliphatic carbocycles. The Morgan fingerprint density at radius 1 is 1.70 bits per heavy atom. The van der Waals surface area contributed by atoms with Crippen LogP contribution in [0.15, 0.2) is 12.5 Å². The fourth-order valence-corrected chi connectivity index (χ4v) is 1.78. The molecule has 2 aromatic heterocycles. The first-order valence-electron chi connectivity index (χ1n) is 2.71. The van der Waals surface area contributed by atoms with E-state index in [9.17, 15) is 0 Å². The zero-order chi connectivity index (χ0) is 6.97. The maximum atomic E-state index is 4.92. The number of nitrogens with one attached hydrogen (secondary N) is 2. The Balaban J connectivity index is 3.01. The van der Waals surface area contributed by atoms with Crippen molar-refractivity contribution in [3.8, 4) is 0 Å². The normalized spacial score (nSPS) is 10.4. The van der Waals surface area contributed by atoms with Crippen LogP contribution in [0.3, 0.4) is 0 Å². The van der Waals surface area contributed by atoms with Crippen LogP contribution in [0, 0.1) is 3.95 Å². The Labute approximate surface area is 65.8 Å². The highest BCUT2D eigenvalue weighted by atomic mass is 32.1. The van der Waals surface area contributed by atoms with Crippen molar-refractivity contribution in [3.63, 3.8) is 0 Å². The minimum Gasteiger partial charge on any atom is -0.300 e. The molecule has 0 aliphatic heterocycles. The maximum Gasteiger partial charge on any atom is 0.286 e. The van der Waals surface area contributed by atoms with Crippen LogP contribution in [0.2, 0.25) is 0 Å². The Morgan fingerprint density at radius 3 is 3.40 bits per heavy atom. The second-order valence-corrected chi connectivity index (χ2v) is 3.52. The van der Waals surface area contributed by atoms with Gasteiger partial charge >= 0.3 is 0 Å². The summed E-state index contributed by atoms with van der Waals surface area (Å²) in [6, 6.07) is 0. The van der Waals surface area contributed by atoms with E-state index in [1.54, 1.807) is 6.33 Å². The SMILES string of the molecule is S=c1[nH]c2nc[nH+]cc2s1.